The van der Waals surface area contributed by atoms with Gasteiger partial charge in [-0.1, -0.05) is 17.4 Å². The van der Waals surface area contributed by atoms with Gasteiger partial charge in [0.1, 0.15) is 5.51 Å². The zero-order valence-corrected chi connectivity index (χ0v) is 13.3. The Balaban J connectivity index is 1.46. The molecule has 2 aliphatic heterocycles. The van der Waals surface area contributed by atoms with Crippen molar-refractivity contribution >= 4 is 22.4 Å². The normalized spacial score (nSPS) is 23.3. The summed E-state index contributed by atoms with van der Waals surface area (Å²) < 4.78 is 1.90. The molecule has 4 rings (SSSR count). The summed E-state index contributed by atoms with van der Waals surface area (Å²) in [5.41, 5.74) is 2.78. The van der Waals surface area contributed by atoms with Crippen LogP contribution in [-0.4, -0.2) is 45.2 Å². The molecule has 1 amide bonds. The van der Waals surface area contributed by atoms with Crippen LogP contribution in [-0.2, 0) is 11.3 Å². The number of nitrogens with one attached hydrogen (secondary N) is 1. The minimum absolute atomic E-state index is 0.0628. The summed E-state index contributed by atoms with van der Waals surface area (Å²) in [6.07, 6.45) is 1.10. The van der Waals surface area contributed by atoms with Crippen molar-refractivity contribution in [2.75, 3.05) is 25.0 Å². The lowest BCUT2D eigenvalue weighted by Gasteiger charge is -2.42. The van der Waals surface area contributed by atoms with Gasteiger partial charge in [0, 0.05) is 37.3 Å². The van der Waals surface area contributed by atoms with Crippen molar-refractivity contribution in [1.29, 1.82) is 0 Å². The smallest absolute Gasteiger partial charge is 0.250 e. The third kappa shape index (κ3) is 2.91. The van der Waals surface area contributed by atoms with E-state index in [1.54, 1.807) is 11.6 Å². The number of hydrogen-bond donors (Lipinski definition) is 1. The van der Waals surface area contributed by atoms with Crippen LogP contribution in [0.15, 0.2) is 28.5 Å². The average Bonchev–Trinajstić information content (AvgIpc) is 3.01. The van der Waals surface area contributed by atoms with Gasteiger partial charge in [0.2, 0.25) is 11.0 Å². The standard InChI is InChI=1S/C15H17N5O2S/c21-13(17-15-18-16-9-23-15)8-19-5-10-4-11(7-19)12-2-1-3-14(22)20(12)6-10/h1-3,9-11H,4-8H2,(H,17,18,21). The molecular weight excluding hydrogens is 314 g/mol. The average molecular weight is 331 g/mol. The number of rotatable bonds is 3. The molecule has 0 radical (unpaired) electrons. The molecule has 0 saturated carbocycles. The van der Waals surface area contributed by atoms with Crippen LogP contribution in [0.5, 0.6) is 0 Å². The molecule has 4 heterocycles. The van der Waals surface area contributed by atoms with Crippen molar-refractivity contribution in [2.24, 2.45) is 5.92 Å². The van der Waals surface area contributed by atoms with Crippen LogP contribution >= 0.6 is 11.3 Å². The number of amides is 1. The van der Waals surface area contributed by atoms with E-state index in [1.807, 2.05) is 16.7 Å². The van der Waals surface area contributed by atoms with E-state index in [2.05, 4.69) is 20.4 Å². The molecule has 0 spiro atoms. The molecule has 0 aliphatic carbocycles. The highest BCUT2D eigenvalue weighted by molar-refractivity contribution is 7.13. The lowest BCUT2D eigenvalue weighted by atomic mass is 9.83. The van der Waals surface area contributed by atoms with Crippen molar-refractivity contribution in [2.45, 2.75) is 18.9 Å². The van der Waals surface area contributed by atoms with Crippen molar-refractivity contribution < 1.29 is 4.79 Å². The Morgan fingerprint density at radius 3 is 3.09 bits per heavy atom. The van der Waals surface area contributed by atoms with Crippen molar-refractivity contribution in [3.63, 3.8) is 0 Å². The Kier molecular flexibility index (Phi) is 3.70. The first-order chi connectivity index (χ1) is 11.2. The van der Waals surface area contributed by atoms with Gasteiger partial charge in [0.15, 0.2) is 0 Å². The summed E-state index contributed by atoms with van der Waals surface area (Å²) in [6.45, 7) is 2.76. The highest BCUT2D eigenvalue weighted by atomic mass is 32.1. The largest absolute Gasteiger partial charge is 0.312 e. The molecule has 120 valence electrons. The SMILES string of the molecule is O=C(CN1CC2CC(C1)c1cccc(=O)n1C2)Nc1nncs1. The van der Waals surface area contributed by atoms with Crippen LogP contribution in [0.1, 0.15) is 18.0 Å². The summed E-state index contributed by atoms with van der Waals surface area (Å²) in [6, 6.07) is 5.49. The minimum atomic E-state index is -0.0628. The molecule has 2 aliphatic rings. The van der Waals surface area contributed by atoms with Crippen molar-refractivity contribution in [3.8, 4) is 0 Å². The van der Waals surface area contributed by atoms with E-state index in [1.165, 1.54) is 11.3 Å². The Morgan fingerprint density at radius 2 is 2.26 bits per heavy atom. The van der Waals surface area contributed by atoms with Gasteiger partial charge in [-0.15, -0.1) is 10.2 Å². The predicted octanol–water partition coefficient (Wildman–Crippen LogP) is 0.758. The van der Waals surface area contributed by atoms with E-state index in [0.717, 1.165) is 31.7 Å². The number of nitrogens with zero attached hydrogens (tertiary/aromatic N) is 4. The van der Waals surface area contributed by atoms with Crippen LogP contribution in [0.3, 0.4) is 0 Å². The number of aromatic nitrogens is 3. The fourth-order valence-electron chi connectivity index (χ4n) is 3.71. The van der Waals surface area contributed by atoms with Crippen LogP contribution < -0.4 is 10.9 Å². The third-order valence-corrected chi connectivity index (χ3v) is 5.14. The molecular formula is C15H17N5O2S. The number of piperidine rings is 1. The predicted molar refractivity (Wildman–Crippen MR) is 86.5 cm³/mol. The van der Waals surface area contributed by atoms with E-state index >= 15 is 0 Å². The molecule has 23 heavy (non-hydrogen) atoms. The number of fused-ring (bicyclic) bond motifs is 4. The number of pyridine rings is 1. The molecule has 7 nitrogen and oxygen atoms in total. The second kappa shape index (κ2) is 5.86. The van der Waals surface area contributed by atoms with Gasteiger partial charge >= 0.3 is 0 Å². The fraction of sp³-hybridized carbons (Fsp3) is 0.467. The van der Waals surface area contributed by atoms with Gasteiger partial charge in [-0.05, 0) is 18.4 Å². The highest BCUT2D eigenvalue weighted by Gasteiger charge is 2.34. The van der Waals surface area contributed by atoms with E-state index < -0.39 is 0 Å². The van der Waals surface area contributed by atoms with Crippen molar-refractivity contribution in [3.05, 3.63) is 39.8 Å². The lowest BCUT2D eigenvalue weighted by Crippen LogP contribution is -2.49. The molecule has 1 N–H and O–H groups in total. The van der Waals surface area contributed by atoms with Gasteiger partial charge in [-0.2, -0.15) is 0 Å². The van der Waals surface area contributed by atoms with E-state index in [-0.39, 0.29) is 11.5 Å². The molecule has 2 atom stereocenters. The molecule has 1 fully saturated rings. The van der Waals surface area contributed by atoms with E-state index in [0.29, 0.717) is 23.5 Å². The van der Waals surface area contributed by atoms with Gasteiger partial charge in [-0.25, -0.2) is 0 Å². The first kappa shape index (κ1) is 14.5. The number of carbonyl (C=O) groups is 1. The maximum Gasteiger partial charge on any atom is 0.250 e. The van der Waals surface area contributed by atoms with E-state index in [4.69, 9.17) is 0 Å². The molecule has 2 aromatic heterocycles. The maximum atomic E-state index is 12.1. The minimum Gasteiger partial charge on any atom is -0.312 e. The Morgan fingerprint density at radius 1 is 1.35 bits per heavy atom. The maximum absolute atomic E-state index is 12.1. The number of likely N-dealkylation sites (tertiary alicyclic amines) is 1. The topological polar surface area (TPSA) is 80.1 Å². The summed E-state index contributed by atoms with van der Waals surface area (Å²) in [5, 5.41) is 10.8. The fourth-order valence-corrected chi connectivity index (χ4v) is 4.18. The first-order valence-corrected chi connectivity index (χ1v) is 8.55. The van der Waals surface area contributed by atoms with Crippen LogP contribution in [0.4, 0.5) is 5.13 Å². The monoisotopic (exact) mass is 331 g/mol. The third-order valence-electron chi connectivity index (χ3n) is 4.53. The molecule has 2 aromatic rings. The summed E-state index contributed by atoms with van der Waals surface area (Å²) in [5.74, 6) is 0.689. The number of carbonyl (C=O) groups excluding carboxylic acids is 1. The van der Waals surface area contributed by atoms with Gasteiger partial charge in [0.05, 0.1) is 6.54 Å². The Labute approximate surface area is 137 Å². The Hall–Kier alpha value is -2.06. The lowest BCUT2D eigenvalue weighted by molar-refractivity contribution is -0.117. The second-order valence-electron chi connectivity index (χ2n) is 6.18. The quantitative estimate of drug-likeness (QED) is 0.898. The molecule has 1 saturated heterocycles. The van der Waals surface area contributed by atoms with Crippen molar-refractivity contribution in [1.82, 2.24) is 19.7 Å². The summed E-state index contributed by atoms with van der Waals surface area (Å²) >= 11 is 1.31. The zero-order valence-electron chi connectivity index (χ0n) is 12.5. The first-order valence-electron chi connectivity index (χ1n) is 7.67. The number of hydrogen-bond acceptors (Lipinski definition) is 6. The number of anilines is 1. The second-order valence-corrected chi connectivity index (χ2v) is 7.02. The molecule has 2 unspecified atom stereocenters. The van der Waals surface area contributed by atoms with Gasteiger partial charge in [0.25, 0.3) is 5.56 Å². The van der Waals surface area contributed by atoms with Crippen LogP contribution in [0.25, 0.3) is 0 Å². The summed E-state index contributed by atoms with van der Waals surface area (Å²) in [7, 11) is 0. The van der Waals surface area contributed by atoms with E-state index in [9.17, 15) is 9.59 Å². The van der Waals surface area contributed by atoms with Crippen LogP contribution in [0.2, 0.25) is 0 Å². The van der Waals surface area contributed by atoms with Gasteiger partial charge < -0.3 is 4.57 Å². The Bertz CT molecular complexity index is 772. The highest BCUT2D eigenvalue weighted by Crippen LogP contribution is 2.34. The van der Waals surface area contributed by atoms with Gasteiger partial charge in [-0.3, -0.25) is 19.8 Å². The molecule has 2 bridgehead atoms. The molecule has 0 aromatic carbocycles. The molecule has 8 heteroatoms. The zero-order chi connectivity index (χ0) is 15.8. The summed E-state index contributed by atoms with van der Waals surface area (Å²) in [4.78, 5) is 26.3. The van der Waals surface area contributed by atoms with Crippen LogP contribution in [0, 0.1) is 5.92 Å².